The predicted molar refractivity (Wildman–Crippen MR) is 103 cm³/mol. The number of nitrogens with one attached hydrogen (secondary N) is 1. The van der Waals surface area contributed by atoms with Crippen molar-refractivity contribution in [2.24, 2.45) is 17.8 Å². The van der Waals surface area contributed by atoms with Gasteiger partial charge in [-0.1, -0.05) is 12.8 Å². The van der Waals surface area contributed by atoms with Crippen molar-refractivity contribution in [3.8, 4) is 0 Å². The third-order valence-electron chi connectivity index (χ3n) is 5.88. The number of carbonyl (C=O) groups is 2. The van der Waals surface area contributed by atoms with Crippen molar-refractivity contribution < 1.29 is 14.7 Å². The molecule has 2 atom stereocenters. The lowest BCUT2D eigenvalue weighted by Gasteiger charge is -2.33. The summed E-state index contributed by atoms with van der Waals surface area (Å²) in [5, 5.41) is 12.4. The minimum Gasteiger partial charge on any atom is -0.481 e. The van der Waals surface area contributed by atoms with Gasteiger partial charge in [-0.05, 0) is 51.5 Å². The Balaban J connectivity index is 1.49. The van der Waals surface area contributed by atoms with Gasteiger partial charge in [0.25, 0.3) is 0 Å². The highest BCUT2D eigenvalue weighted by Gasteiger charge is 2.32. The molecule has 0 unspecified atom stereocenters. The van der Waals surface area contributed by atoms with Crippen molar-refractivity contribution in [3.05, 3.63) is 17.5 Å². The second kappa shape index (κ2) is 8.67. The average Bonchev–Trinajstić information content (AvgIpc) is 2.65. The Morgan fingerprint density at radius 1 is 1.11 bits per heavy atom. The minimum atomic E-state index is -0.726. The van der Waals surface area contributed by atoms with Gasteiger partial charge in [0.1, 0.15) is 0 Å². The Kier molecular flexibility index (Phi) is 6.29. The molecule has 3 rings (SSSR count). The van der Waals surface area contributed by atoms with Gasteiger partial charge in [0.15, 0.2) is 0 Å². The van der Waals surface area contributed by atoms with Crippen molar-refractivity contribution >= 4 is 17.8 Å². The molecule has 1 saturated heterocycles. The van der Waals surface area contributed by atoms with Gasteiger partial charge in [0.05, 0.1) is 5.92 Å². The van der Waals surface area contributed by atoms with Crippen molar-refractivity contribution in [2.75, 3.05) is 24.5 Å². The molecule has 1 saturated carbocycles. The summed E-state index contributed by atoms with van der Waals surface area (Å²) in [6.45, 7) is 5.95. The number of hydrogen-bond acceptors (Lipinski definition) is 5. The number of anilines is 1. The van der Waals surface area contributed by atoms with Crippen LogP contribution in [0.15, 0.2) is 6.07 Å². The third-order valence-corrected chi connectivity index (χ3v) is 5.88. The molecule has 2 aliphatic rings. The second-order valence-corrected chi connectivity index (χ2v) is 7.95. The SMILES string of the molecule is Cc1cc(C)nc(N2CCC(C(=O)NC[C@@H]3CCCC[C@@H]3C(=O)O)CC2)n1. The van der Waals surface area contributed by atoms with Crippen molar-refractivity contribution in [1.82, 2.24) is 15.3 Å². The van der Waals surface area contributed by atoms with E-state index in [1.54, 1.807) is 0 Å². The topological polar surface area (TPSA) is 95.4 Å². The van der Waals surface area contributed by atoms with E-state index < -0.39 is 5.97 Å². The Morgan fingerprint density at radius 3 is 2.37 bits per heavy atom. The number of aryl methyl sites for hydroxylation is 2. The van der Waals surface area contributed by atoms with E-state index in [-0.39, 0.29) is 23.7 Å². The lowest BCUT2D eigenvalue weighted by molar-refractivity contribution is -0.145. The van der Waals surface area contributed by atoms with E-state index in [4.69, 9.17) is 0 Å². The monoisotopic (exact) mass is 374 g/mol. The highest BCUT2D eigenvalue weighted by Crippen LogP contribution is 2.30. The Labute approximate surface area is 160 Å². The van der Waals surface area contributed by atoms with Crippen molar-refractivity contribution in [1.29, 1.82) is 0 Å². The first-order chi connectivity index (χ1) is 12.9. The molecule has 2 N–H and O–H groups in total. The number of rotatable bonds is 5. The lowest BCUT2D eigenvalue weighted by Crippen LogP contribution is -2.43. The van der Waals surface area contributed by atoms with Gasteiger partial charge in [-0.3, -0.25) is 9.59 Å². The molecule has 1 aliphatic carbocycles. The summed E-state index contributed by atoms with van der Waals surface area (Å²) in [6, 6.07) is 1.96. The zero-order valence-electron chi connectivity index (χ0n) is 16.3. The van der Waals surface area contributed by atoms with E-state index in [1.807, 2.05) is 19.9 Å². The number of aliphatic carboxylic acids is 1. The van der Waals surface area contributed by atoms with Gasteiger partial charge in [-0.25, -0.2) is 9.97 Å². The zero-order chi connectivity index (χ0) is 19.4. The fraction of sp³-hybridized carbons (Fsp3) is 0.700. The summed E-state index contributed by atoms with van der Waals surface area (Å²) >= 11 is 0. The van der Waals surface area contributed by atoms with Crippen LogP contribution in [-0.4, -0.2) is 46.6 Å². The summed E-state index contributed by atoms with van der Waals surface area (Å²) < 4.78 is 0. The molecule has 0 spiro atoms. The largest absolute Gasteiger partial charge is 0.481 e. The molecule has 2 fully saturated rings. The van der Waals surface area contributed by atoms with Gasteiger partial charge < -0.3 is 15.3 Å². The number of aromatic nitrogens is 2. The van der Waals surface area contributed by atoms with Gasteiger partial charge in [-0.2, -0.15) is 0 Å². The fourth-order valence-electron chi connectivity index (χ4n) is 4.34. The van der Waals surface area contributed by atoms with E-state index in [1.165, 1.54) is 0 Å². The van der Waals surface area contributed by atoms with Crippen LogP contribution in [0.3, 0.4) is 0 Å². The highest BCUT2D eigenvalue weighted by molar-refractivity contribution is 5.79. The number of amides is 1. The standard InChI is InChI=1S/C20H30N4O3/c1-13-11-14(2)23-20(22-13)24-9-7-15(8-10-24)18(25)21-12-16-5-3-4-6-17(16)19(26)27/h11,15-17H,3-10,12H2,1-2H3,(H,21,25)(H,26,27)/t16-,17-/m0/s1. The Hall–Kier alpha value is -2.18. The number of hydrogen-bond donors (Lipinski definition) is 2. The molecule has 2 heterocycles. The quantitative estimate of drug-likeness (QED) is 0.821. The number of carboxylic acids is 1. The highest BCUT2D eigenvalue weighted by atomic mass is 16.4. The van der Waals surface area contributed by atoms with Crippen LogP contribution < -0.4 is 10.2 Å². The molecule has 1 aromatic heterocycles. The lowest BCUT2D eigenvalue weighted by atomic mass is 9.79. The molecular formula is C20H30N4O3. The number of carbonyl (C=O) groups excluding carboxylic acids is 1. The van der Waals surface area contributed by atoms with Gasteiger partial charge in [0.2, 0.25) is 11.9 Å². The molecule has 148 valence electrons. The maximum Gasteiger partial charge on any atom is 0.306 e. The first-order valence-corrected chi connectivity index (χ1v) is 10.0. The van der Waals surface area contributed by atoms with Gasteiger partial charge in [0, 0.05) is 36.9 Å². The molecule has 1 amide bonds. The zero-order valence-corrected chi connectivity index (χ0v) is 16.3. The molecule has 1 aromatic rings. The third kappa shape index (κ3) is 4.96. The van der Waals surface area contributed by atoms with Crippen LogP contribution in [0.2, 0.25) is 0 Å². The van der Waals surface area contributed by atoms with Crippen molar-refractivity contribution in [3.63, 3.8) is 0 Å². The van der Waals surface area contributed by atoms with Gasteiger partial charge in [-0.15, -0.1) is 0 Å². The Morgan fingerprint density at radius 2 is 1.74 bits per heavy atom. The van der Waals surface area contributed by atoms with E-state index >= 15 is 0 Å². The average molecular weight is 374 g/mol. The second-order valence-electron chi connectivity index (χ2n) is 7.95. The maximum atomic E-state index is 12.6. The van der Waals surface area contributed by atoms with E-state index in [2.05, 4.69) is 20.2 Å². The van der Waals surface area contributed by atoms with Crippen molar-refractivity contribution in [2.45, 2.75) is 52.4 Å². The van der Waals surface area contributed by atoms with E-state index in [0.29, 0.717) is 6.54 Å². The van der Waals surface area contributed by atoms with Crippen LogP contribution in [0.5, 0.6) is 0 Å². The summed E-state index contributed by atoms with van der Waals surface area (Å²) in [4.78, 5) is 35.1. The number of piperidine rings is 1. The van der Waals surface area contributed by atoms with Crippen LogP contribution in [0.25, 0.3) is 0 Å². The molecule has 27 heavy (non-hydrogen) atoms. The van der Waals surface area contributed by atoms with Crippen LogP contribution in [0, 0.1) is 31.6 Å². The summed E-state index contributed by atoms with van der Waals surface area (Å²) in [5.74, 6) is -0.190. The smallest absolute Gasteiger partial charge is 0.306 e. The maximum absolute atomic E-state index is 12.6. The summed E-state index contributed by atoms with van der Waals surface area (Å²) in [7, 11) is 0. The predicted octanol–water partition coefficient (Wildman–Crippen LogP) is 2.32. The fourth-order valence-corrected chi connectivity index (χ4v) is 4.34. The number of nitrogens with zero attached hydrogens (tertiary/aromatic N) is 3. The van der Waals surface area contributed by atoms with Crippen LogP contribution in [0.1, 0.15) is 49.9 Å². The van der Waals surface area contributed by atoms with E-state index in [9.17, 15) is 14.7 Å². The van der Waals surface area contributed by atoms with Crippen LogP contribution in [-0.2, 0) is 9.59 Å². The Bertz CT molecular complexity index is 666. The molecule has 7 heteroatoms. The van der Waals surface area contributed by atoms with E-state index in [0.717, 1.165) is 69.0 Å². The molecule has 0 bridgehead atoms. The van der Waals surface area contributed by atoms with Crippen LogP contribution in [0.4, 0.5) is 5.95 Å². The molecular weight excluding hydrogens is 344 g/mol. The summed E-state index contributed by atoms with van der Waals surface area (Å²) in [5.41, 5.74) is 1.91. The minimum absolute atomic E-state index is 0.0148. The first kappa shape index (κ1) is 19.6. The molecule has 1 aliphatic heterocycles. The molecule has 0 aromatic carbocycles. The van der Waals surface area contributed by atoms with Crippen LogP contribution >= 0.6 is 0 Å². The normalized spacial score (nSPS) is 23.9. The summed E-state index contributed by atoms with van der Waals surface area (Å²) in [6.07, 6.45) is 5.19. The molecule has 0 radical (unpaired) electrons. The van der Waals surface area contributed by atoms with Gasteiger partial charge >= 0.3 is 5.97 Å². The molecule has 7 nitrogen and oxygen atoms in total. The first-order valence-electron chi connectivity index (χ1n) is 10.0. The number of carboxylic acid groups (broad SMARTS) is 1.